The Balaban J connectivity index is 1.63. The van der Waals surface area contributed by atoms with Gasteiger partial charge in [-0.05, 0) is 31.5 Å². The van der Waals surface area contributed by atoms with Gasteiger partial charge < -0.3 is 9.73 Å². The predicted molar refractivity (Wildman–Crippen MR) is 96.2 cm³/mol. The summed E-state index contributed by atoms with van der Waals surface area (Å²) < 4.78 is 8.86. The highest BCUT2D eigenvalue weighted by Crippen LogP contribution is 2.28. The minimum atomic E-state index is -0.709. The Morgan fingerprint density at radius 1 is 1.22 bits per heavy atom. The third-order valence-electron chi connectivity index (χ3n) is 5.49. The van der Waals surface area contributed by atoms with Crippen molar-refractivity contribution in [3.8, 4) is 0 Å². The third kappa shape index (κ3) is 2.49. The zero-order chi connectivity index (χ0) is 18.7. The number of carbonyl (C=O) groups is 2. The third-order valence-corrected chi connectivity index (χ3v) is 5.49. The van der Waals surface area contributed by atoms with Crippen molar-refractivity contribution >= 4 is 33.9 Å². The number of aromatic nitrogens is 3. The van der Waals surface area contributed by atoms with Crippen LogP contribution >= 0.6 is 0 Å². The molecule has 1 unspecified atom stereocenters. The van der Waals surface area contributed by atoms with Crippen molar-refractivity contribution in [3.63, 3.8) is 0 Å². The summed E-state index contributed by atoms with van der Waals surface area (Å²) in [5.41, 5.74) is 2.28. The second kappa shape index (κ2) is 5.78. The van der Waals surface area contributed by atoms with E-state index in [9.17, 15) is 14.4 Å². The topological polar surface area (TPSA) is 111 Å². The van der Waals surface area contributed by atoms with Crippen molar-refractivity contribution < 1.29 is 14.0 Å². The van der Waals surface area contributed by atoms with Crippen LogP contribution in [0.5, 0.6) is 0 Å². The van der Waals surface area contributed by atoms with Crippen molar-refractivity contribution in [1.29, 1.82) is 0 Å². The van der Waals surface area contributed by atoms with E-state index >= 15 is 0 Å². The molecule has 2 amide bonds. The molecule has 9 nitrogen and oxygen atoms in total. The smallest absolute Gasteiger partial charge is 0.329 e. The molecule has 2 fully saturated rings. The maximum atomic E-state index is 12.8. The quantitative estimate of drug-likeness (QED) is 0.639. The first-order valence-corrected chi connectivity index (χ1v) is 9.06. The van der Waals surface area contributed by atoms with E-state index in [1.165, 1.54) is 9.13 Å². The summed E-state index contributed by atoms with van der Waals surface area (Å²) in [6.45, 7) is 1.94. The summed E-state index contributed by atoms with van der Waals surface area (Å²) in [4.78, 5) is 41.1. The van der Waals surface area contributed by atoms with Gasteiger partial charge in [0.1, 0.15) is 11.6 Å². The molecule has 0 spiro atoms. The highest BCUT2D eigenvalue weighted by molar-refractivity contribution is 6.00. The van der Waals surface area contributed by atoms with Crippen LogP contribution in [0.2, 0.25) is 0 Å². The van der Waals surface area contributed by atoms with Crippen LogP contribution in [0.4, 0.5) is 0 Å². The molecule has 1 aromatic carbocycles. The number of rotatable bonds is 3. The number of amides is 2. The zero-order valence-electron chi connectivity index (χ0n) is 14.8. The highest BCUT2D eigenvalue weighted by Gasteiger charge is 2.31. The summed E-state index contributed by atoms with van der Waals surface area (Å²) in [5.74, 6) is 0.463. The first kappa shape index (κ1) is 16.2. The van der Waals surface area contributed by atoms with Crippen molar-refractivity contribution in [3.05, 3.63) is 28.5 Å². The minimum Gasteiger partial charge on any atom is -0.441 e. The van der Waals surface area contributed by atoms with Gasteiger partial charge in [-0.1, -0.05) is 0 Å². The Bertz CT molecular complexity index is 1150. The fraction of sp³-hybridized carbons (Fsp3) is 0.444. The van der Waals surface area contributed by atoms with Gasteiger partial charge in [-0.15, -0.1) is 0 Å². The molecular weight excluding hydrogens is 350 g/mol. The van der Waals surface area contributed by atoms with Crippen molar-refractivity contribution in [1.82, 2.24) is 24.8 Å². The Morgan fingerprint density at radius 3 is 2.74 bits per heavy atom. The van der Waals surface area contributed by atoms with Gasteiger partial charge in [0, 0.05) is 26.0 Å². The SMILES string of the molecule is Cn1c(=O)n(C2CCC(=O)NC2=O)c2cc3oc(CC4CNC4)nc3cc21. The van der Waals surface area contributed by atoms with E-state index in [1.54, 1.807) is 13.1 Å². The van der Waals surface area contributed by atoms with E-state index in [1.807, 2.05) is 6.07 Å². The molecule has 2 N–H and O–H groups in total. The number of carbonyl (C=O) groups excluding carboxylic acids is 2. The van der Waals surface area contributed by atoms with Crippen LogP contribution in [-0.4, -0.2) is 39.0 Å². The molecule has 5 rings (SSSR count). The predicted octanol–water partition coefficient (Wildman–Crippen LogP) is 0.221. The monoisotopic (exact) mass is 369 g/mol. The Labute approximate surface area is 153 Å². The standard InChI is InChI=1S/C18H19N5O4/c1-22-12-5-10-14(27-16(20-10)4-9-7-19-8-9)6-13(12)23(18(22)26)11-2-3-15(24)21-17(11)25/h5-6,9,11,19H,2-4,7-8H2,1H3,(H,21,24,25). The lowest BCUT2D eigenvalue weighted by Gasteiger charge is -2.25. The van der Waals surface area contributed by atoms with E-state index in [-0.39, 0.29) is 18.0 Å². The van der Waals surface area contributed by atoms with Gasteiger partial charge in [0.15, 0.2) is 11.5 Å². The summed E-state index contributed by atoms with van der Waals surface area (Å²) in [5, 5.41) is 5.55. The number of hydrogen-bond acceptors (Lipinski definition) is 6. The molecule has 0 saturated carbocycles. The second-order valence-electron chi connectivity index (χ2n) is 7.32. The number of imidazole rings is 1. The number of nitrogens with zero attached hydrogens (tertiary/aromatic N) is 3. The number of fused-ring (bicyclic) bond motifs is 2. The van der Waals surface area contributed by atoms with Crippen molar-refractivity contribution in [2.45, 2.75) is 25.3 Å². The number of aryl methyl sites for hydroxylation is 1. The molecule has 27 heavy (non-hydrogen) atoms. The van der Waals surface area contributed by atoms with Gasteiger partial charge in [-0.3, -0.25) is 24.0 Å². The van der Waals surface area contributed by atoms with E-state index in [2.05, 4.69) is 15.6 Å². The maximum Gasteiger partial charge on any atom is 0.329 e. The molecule has 2 aliphatic heterocycles. The molecule has 0 aliphatic carbocycles. The van der Waals surface area contributed by atoms with Crippen LogP contribution in [-0.2, 0) is 23.1 Å². The number of benzene rings is 1. The normalized spacial score (nSPS) is 21.0. The Hall–Kier alpha value is -2.94. The molecule has 0 bridgehead atoms. The fourth-order valence-electron chi connectivity index (χ4n) is 3.89. The molecule has 140 valence electrons. The van der Waals surface area contributed by atoms with Crippen molar-refractivity contribution in [2.24, 2.45) is 13.0 Å². The zero-order valence-corrected chi connectivity index (χ0v) is 14.8. The fourth-order valence-corrected chi connectivity index (χ4v) is 3.89. The van der Waals surface area contributed by atoms with Gasteiger partial charge in [0.25, 0.3) is 0 Å². The molecular formula is C18H19N5O4. The molecule has 3 aromatic rings. The van der Waals surface area contributed by atoms with Crippen LogP contribution in [0.1, 0.15) is 24.8 Å². The lowest BCUT2D eigenvalue weighted by atomic mass is 10.00. The largest absolute Gasteiger partial charge is 0.441 e. The molecule has 2 aliphatic rings. The first-order valence-electron chi connectivity index (χ1n) is 9.06. The van der Waals surface area contributed by atoms with E-state index in [0.29, 0.717) is 40.4 Å². The van der Waals surface area contributed by atoms with Crippen LogP contribution in [0, 0.1) is 5.92 Å². The molecule has 4 heterocycles. The van der Waals surface area contributed by atoms with Gasteiger partial charge in [0.05, 0.1) is 11.0 Å². The molecule has 1 atom stereocenters. The van der Waals surface area contributed by atoms with Gasteiger partial charge in [-0.2, -0.15) is 0 Å². The summed E-state index contributed by atoms with van der Waals surface area (Å²) >= 11 is 0. The lowest BCUT2D eigenvalue weighted by molar-refractivity contribution is -0.135. The average molecular weight is 369 g/mol. The van der Waals surface area contributed by atoms with E-state index in [4.69, 9.17) is 4.42 Å². The Kier molecular flexibility index (Phi) is 3.48. The van der Waals surface area contributed by atoms with Crippen LogP contribution < -0.4 is 16.3 Å². The van der Waals surface area contributed by atoms with Gasteiger partial charge >= 0.3 is 5.69 Å². The summed E-state index contributed by atoms with van der Waals surface area (Å²) in [7, 11) is 1.67. The molecule has 2 aromatic heterocycles. The molecule has 2 saturated heterocycles. The summed E-state index contributed by atoms with van der Waals surface area (Å²) in [6.07, 6.45) is 1.29. The van der Waals surface area contributed by atoms with E-state index in [0.717, 1.165) is 19.5 Å². The first-order chi connectivity index (χ1) is 13.0. The van der Waals surface area contributed by atoms with Crippen molar-refractivity contribution in [2.75, 3.05) is 13.1 Å². The van der Waals surface area contributed by atoms with Crippen LogP contribution in [0.15, 0.2) is 21.3 Å². The summed E-state index contributed by atoms with van der Waals surface area (Å²) in [6, 6.07) is 2.88. The number of nitrogens with one attached hydrogen (secondary N) is 2. The molecule has 0 radical (unpaired) electrons. The lowest BCUT2D eigenvalue weighted by Crippen LogP contribution is -2.44. The number of hydrogen-bond donors (Lipinski definition) is 2. The highest BCUT2D eigenvalue weighted by atomic mass is 16.3. The maximum absolute atomic E-state index is 12.8. The number of oxazole rings is 1. The second-order valence-corrected chi connectivity index (χ2v) is 7.32. The number of imide groups is 1. The Morgan fingerprint density at radius 2 is 2.04 bits per heavy atom. The van der Waals surface area contributed by atoms with Gasteiger partial charge in [0.2, 0.25) is 11.8 Å². The minimum absolute atomic E-state index is 0.212. The number of piperidine rings is 1. The van der Waals surface area contributed by atoms with Crippen LogP contribution in [0.25, 0.3) is 22.1 Å². The average Bonchev–Trinajstić information content (AvgIpc) is 3.09. The molecule has 9 heteroatoms. The van der Waals surface area contributed by atoms with Gasteiger partial charge in [-0.25, -0.2) is 9.78 Å². The van der Waals surface area contributed by atoms with Crippen LogP contribution in [0.3, 0.4) is 0 Å². The van der Waals surface area contributed by atoms with E-state index < -0.39 is 11.9 Å².